The van der Waals surface area contributed by atoms with Crippen LogP contribution >= 0.6 is 11.3 Å². The van der Waals surface area contributed by atoms with E-state index in [1.54, 1.807) is 35.3 Å². The van der Waals surface area contributed by atoms with E-state index in [4.69, 9.17) is 4.98 Å². The fourth-order valence-electron chi connectivity index (χ4n) is 3.65. The SMILES string of the molecule is Cc1c(C(=O)N2CCN(Cc3nc(-c4ccccc4)cs3)CC2)cccc1[N+](=O)[O-]. The summed E-state index contributed by atoms with van der Waals surface area (Å²) in [6, 6.07) is 14.8. The topological polar surface area (TPSA) is 79.6 Å². The van der Waals surface area contributed by atoms with E-state index in [-0.39, 0.29) is 11.6 Å². The number of nitro benzene ring substituents is 1. The van der Waals surface area contributed by atoms with Crippen molar-refractivity contribution in [1.82, 2.24) is 14.8 Å². The van der Waals surface area contributed by atoms with E-state index in [1.165, 1.54) is 6.07 Å². The number of carbonyl (C=O) groups excluding carboxylic acids is 1. The van der Waals surface area contributed by atoms with Crippen molar-refractivity contribution in [3.8, 4) is 11.3 Å². The van der Waals surface area contributed by atoms with Gasteiger partial charge in [0.25, 0.3) is 11.6 Å². The largest absolute Gasteiger partial charge is 0.336 e. The van der Waals surface area contributed by atoms with Crippen molar-refractivity contribution in [2.75, 3.05) is 26.2 Å². The molecule has 0 atom stereocenters. The van der Waals surface area contributed by atoms with Gasteiger partial charge in [0.15, 0.2) is 0 Å². The molecule has 154 valence electrons. The molecule has 1 aliphatic rings. The fraction of sp³-hybridized carbons (Fsp3) is 0.273. The minimum atomic E-state index is -0.443. The number of amides is 1. The molecule has 1 aliphatic heterocycles. The highest BCUT2D eigenvalue weighted by Crippen LogP contribution is 2.24. The second-order valence-electron chi connectivity index (χ2n) is 7.27. The Balaban J connectivity index is 1.37. The third-order valence-corrected chi connectivity index (χ3v) is 6.21. The zero-order valence-electron chi connectivity index (χ0n) is 16.7. The quantitative estimate of drug-likeness (QED) is 0.459. The molecule has 30 heavy (non-hydrogen) atoms. The average molecular weight is 423 g/mol. The van der Waals surface area contributed by atoms with E-state index in [9.17, 15) is 14.9 Å². The Kier molecular flexibility index (Phi) is 5.87. The van der Waals surface area contributed by atoms with Crippen LogP contribution in [0.3, 0.4) is 0 Å². The van der Waals surface area contributed by atoms with Crippen molar-refractivity contribution in [2.24, 2.45) is 0 Å². The molecule has 2 heterocycles. The number of rotatable bonds is 5. The number of carbonyl (C=O) groups is 1. The molecule has 4 rings (SSSR count). The Labute approximate surface area is 178 Å². The smallest absolute Gasteiger partial charge is 0.273 e. The van der Waals surface area contributed by atoms with Gasteiger partial charge in [-0.1, -0.05) is 36.4 Å². The van der Waals surface area contributed by atoms with E-state index in [0.717, 1.165) is 35.9 Å². The molecule has 3 aromatic rings. The van der Waals surface area contributed by atoms with Gasteiger partial charge in [0.2, 0.25) is 0 Å². The van der Waals surface area contributed by atoms with E-state index in [2.05, 4.69) is 22.4 Å². The second-order valence-corrected chi connectivity index (χ2v) is 8.21. The van der Waals surface area contributed by atoms with Crippen LogP contribution in [-0.4, -0.2) is 51.8 Å². The molecule has 1 amide bonds. The second kappa shape index (κ2) is 8.73. The predicted octanol–water partition coefficient (Wildman–Crippen LogP) is 3.98. The monoisotopic (exact) mass is 422 g/mol. The summed E-state index contributed by atoms with van der Waals surface area (Å²) in [5.41, 5.74) is 2.92. The van der Waals surface area contributed by atoms with Crippen molar-refractivity contribution in [3.63, 3.8) is 0 Å². The zero-order chi connectivity index (χ0) is 21.1. The Bertz CT molecular complexity index is 1060. The van der Waals surface area contributed by atoms with Gasteiger partial charge in [0, 0.05) is 54.3 Å². The summed E-state index contributed by atoms with van der Waals surface area (Å²) >= 11 is 1.65. The summed E-state index contributed by atoms with van der Waals surface area (Å²) in [6.07, 6.45) is 0. The van der Waals surface area contributed by atoms with Crippen molar-refractivity contribution < 1.29 is 9.72 Å². The van der Waals surface area contributed by atoms with Crippen LogP contribution in [0.1, 0.15) is 20.9 Å². The summed E-state index contributed by atoms with van der Waals surface area (Å²) in [5.74, 6) is -0.142. The highest BCUT2D eigenvalue weighted by atomic mass is 32.1. The summed E-state index contributed by atoms with van der Waals surface area (Å²) in [6.45, 7) is 5.08. The molecule has 0 aliphatic carbocycles. The zero-order valence-corrected chi connectivity index (χ0v) is 17.5. The van der Waals surface area contributed by atoms with E-state index < -0.39 is 4.92 Å². The number of aromatic nitrogens is 1. The van der Waals surface area contributed by atoms with Crippen LogP contribution < -0.4 is 0 Å². The summed E-state index contributed by atoms with van der Waals surface area (Å²) in [5, 5.41) is 14.3. The number of hydrogen-bond acceptors (Lipinski definition) is 6. The van der Waals surface area contributed by atoms with Crippen LogP contribution in [0.15, 0.2) is 53.9 Å². The Morgan fingerprint density at radius 2 is 1.83 bits per heavy atom. The molecular formula is C22H22N4O3S. The van der Waals surface area contributed by atoms with Crippen molar-refractivity contribution >= 4 is 22.9 Å². The highest BCUT2D eigenvalue weighted by Gasteiger charge is 2.26. The fourth-order valence-corrected chi connectivity index (χ4v) is 4.49. The maximum atomic E-state index is 12.9. The molecule has 0 bridgehead atoms. The van der Waals surface area contributed by atoms with Gasteiger partial charge in [-0.25, -0.2) is 4.98 Å². The molecule has 7 nitrogen and oxygen atoms in total. The molecule has 0 saturated carbocycles. The lowest BCUT2D eigenvalue weighted by Gasteiger charge is -2.34. The molecule has 1 saturated heterocycles. The summed E-state index contributed by atoms with van der Waals surface area (Å²) in [4.78, 5) is 32.4. The third-order valence-electron chi connectivity index (χ3n) is 5.37. The minimum absolute atomic E-state index is 0.0162. The van der Waals surface area contributed by atoms with Gasteiger partial charge in [-0.2, -0.15) is 0 Å². The molecule has 0 spiro atoms. The summed E-state index contributed by atoms with van der Waals surface area (Å²) < 4.78 is 0. The number of benzene rings is 2. The minimum Gasteiger partial charge on any atom is -0.336 e. The molecule has 0 N–H and O–H groups in total. The molecule has 2 aromatic carbocycles. The van der Waals surface area contributed by atoms with Crippen LogP contribution in [0.5, 0.6) is 0 Å². The van der Waals surface area contributed by atoms with Gasteiger partial charge in [0.1, 0.15) is 5.01 Å². The van der Waals surface area contributed by atoms with E-state index >= 15 is 0 Å². The van der Waals surface area contributed by atoms with Gasteiger partial charge >= 0.3 is 0 Å². The number of hydrogen-bond donors (Lipinski definition) is 0. The van der Waals surface area contributed by atoms with Gasteiger partial charge in [-0.05, 0) is 13.0 Å². The van der Waals surface area contributed by atoms with Crippen molar-refractivity contribution in [3.05, 3.63) is 80.2 Å². The molecule has 0 radical (unpaired) electrons. The molecule has 1 fully saturated rings. The lowest BCUT2D eigenvalue weighted by molar-refractivity contribution is -0.385. The maximum absolute atomic E-state index is 12.9. The molecule has 0 unspecified atom stereocenters. The average Bonchev–Trinajstić information content (AvgIpc) is 3.23. The van der Waals surface area contributed by atoms with Crippen LogP contribution in [-0.2, 0) is 6.54 Å². The van der Waals surface area contributed by atoms with Crippen molar-refractivity contribution in [1.29, 1.82) is 0 Å². The number of piperazine rings is 1. The summed E-state index contributed by atoms with van der Waals surface area (Å²) in [7, 11) is 0. The lowest BCUT2D eigenvalue weighted by atomic mass is 10.1. The van der Waals surface area contributed by atoms with E-state index in [1.807, 2.05) is 18.2 Å². The maximum Gasteiger partial charge on any atom is 0.273 e. The molecule has 8 heteroatoms. The third kappa shape index (κ3) is 4.24. The number of thiazole rings is 1. The number of nitro groups is 1. The lowest BCUT2D eigenvalue weighted by Crippen LogP contribution is -2.48. The first-order valence-corrected chi connectivity index (χ1v) is 10.7. The van der Waals surface area contributed by atoms with Crippen LogP contribution in [0, 0.1) is 17.0 Å². The first kappa shape index (κ1) is 20.2. The Hall–Kier alpha value is -3.10. The van der Waals surface area contributed by atoms with Crippen LogP contribution in [0.4, 0.5) is 5.69 Å². The molecular weight excluding hydrogens is 400 g/mol. The van der Waals surface area contributed by atoms with E-state index in [0.29, 0.717) is 24.2 Å². The normalized spacial score (nSPS) is 14.6. The van der Waals surface area contributed by atoms with Crippen LogP contribution in [0.25, 0.3) is 11.3 Å². The number of nitrogens with zero attached hydrogens (tertiary/aromatic N) is 4. The highest BCUT2D eigenvalue weighted by molar-refractivity contribution is 7.09. The standard InChI is InChI=1S/C22H22N4O3S/c1-16-18(8-5-9-20(16)26(28)29)22(27)25-12-10-24(11-13-25)14-21-23-19(15-30-21)17-6-3-2-4-7-17/h2-9,15H,10-14H2,1H3. The first-order valence-electron chi connectivity index (χ1n) is 9.78. The van der Waals surface area contributed by atoms with Gasteiger partial charge in [-0.3, -0.25) is 19.8 Å². The van der Waals surface area contributed by atoms with Gasteiger partial charge in [0.05, 0.1) is 17.2 Å². The Morgan fingerprint density at radius 1 is 1.10 bits per heavy atom. The van der Waals surface area contributed by atoms with Gasteiger partial charge in [-0.15, -0.1) is 11.3 Å². The molecule has 1 aromatic heterocycles. The van der Waals surface area contributed by atoms with Crippen molar-refractivity contribution in [2.45, 2.75) is 13.5 Å². The Morgan fingerprint density at radius 3 is 2.53 bits per heavy atom. The van der Waals surface area contributed by atoms with Crippen LogP contribution in [0.2, 0.25) is 0 Å². The van der Waals surface area contributed by atoms with Gasteiger partial charge < -0.3 is 4.90 Å². The first-order chi connectivity index (χ1) is 14.5. The predicted molar refractivity (Wildman–Crippen MR) is 117 cm³/mol.